The third-order valence-electron chi connectivity index (χ3n) is 4.63. The number of carbonyl (C=O) groups is 1. The molecule has 148 valence electrons. The van der Waals surface area contributed by atoms with E-state index in [-0.39, 0.29) is 10.1 Å². The van der Waals surface area contributed by atoms with Crippen LogP contribution in [0.2, 0.25) is 4.34 Å². The Morgan fingerprint density at radius 2 is 2.07 bits per heavy atom. The molecule has 1 atom stereocenters. The normalized spacial score (nSPS) is 18.4. The standard InChI is InChI=1S/C18H18ClN3O3S3/c1-11-20-13-10-12(5-6-15(13)26-11)21-18(23)14-4-2-3-9-22(14)28(24,25)17-8-7-16(19)27-17/h5-8,10,14H,2-4,9H2,1H3,(H,21,23)/t14-/m0/s1. The average Bonchev–Trinajstić information content (AvgIpc) is 3.26. The number of sulfonamides is 1. The number of piperidine rings is 1. The first-order valence-electron chi connectivity index (χ1n) is 8.80. The van der Waals surface area contributed by atoms with Gasteiger partial charge in [0.25, 0.3) is 10.0 Å². The van der Waals surface area contributed by atoms with E-state index in [2.05, 4.69) is 10.3 Å². The summed E-state index contributed by atoms with van der Waals surface area (Å²) in [5.41, 5.74) is 1.44. The minimum Gasteiger partial charge on any atom is -0.325 e. The number of nitrogens with one attached hydrogen (secondary N) is 1. The van der Waals surface area contributed by atoms with Crippen LogP contribution in [-0.4, -0.2) is 36.2 Å². The van der Waals surface area contributed by atoms with E-state index in [4.69, 9.17) is 11.6 Å². The Bertz CT molecular complexity index is 1140. The van der Waals surface area contributed by atoms with E-state index in [1.807, 2.05) is 25.1 Å². The van der Waals surface area contributed by atoms with E-state index in [1.54, 1.807) is 17.4 Å². The van der Waals surface area contributed by atoms with Gasteiger partial charge in [-0.1, -0.05) is 18.0 Å². The predicted octanol–water partition coefficient (Wildman–Crippen LogP) is 4.50. The number of amides is 1. The number of thiazole rings is 1. The van der Waals surface area contributed by atoms with Crippen molar-refractivity contribution < 1.29 is 13.2 Å². The van der Waals surface area contributed by atoms with Gasteiger partial charge in [-0.2, -0.15) is 4.31 Å². The first-order chi connectivity index (χ1) is 13.3. The van der Waals surface area contributed by atoms with Crippen LogP contribution in [-0.2, 0) is 14.8 Å². The van der Waals surface area contributed by atoms with Gasteiger partial charge in [0.05, 0.1) is 19.6 Å². The average molecular weight is 456 g/mol. The number of fused-ring (bicyclic) bond motifs is 1. The number of rotatable bonds is 4. The molecule has 1 saturated heterocycles. The number of nitrogens with zero attached hydrogens (tertiary/aromatic N) is 2. The van der Waals surface area contributed by atoms with E-state index >= 15 is 0 Å². The van der Waals surface area contributed by atoms with Gasteiger partial charge >= 0.3 is 0 Å². The zero-order chi connectivity index (χ0) is 19.9. The van der Waals surface area contributed by atoms with Crippen LogP contribution in [0.1, 0.15) is 24.3 Å². The van der Waals surface area contributed by atoms with Gasteiger partial charge in [0.15, 0.2) is 0 Å². The van der Waals surface area contributed by atoms with Crippen molar-refractivity contribution in [2.75, 3.05) is 11.9 Å². The highest BCUT2D eigenvalue weighted by atomic mass is 35.5. The number of aromatic nitrogens is 1. The Balaban J connectivity index is 1.58. The first-order valence-corrected chi connectivity index (χ1v) is 12.2. The van der Waals surface area contributed by atoms with Crippen molar-refractivity contribution in [2.24, 2.45) is 0 Å². The Hall–Kier alpha value is -1.52. The van der Waals surface area contributed by atoms with Gasteiger partial charge in [0.2, 0.25) is 5.91 Å². The van der Waals surface area contributed by atoms with Crippen LogP contribution in [0.15, 0.2) is 34.5 Å². The van der Waals surface area contributed by atoms with Crippen molar-refractivity contribution >= 4 is 66.1 Å². The van der Waals surface area contributed by atoms with Crippen LogP contribution in [0.5, 0.6) is 0 Å². The Labute approximate surface area is 176 Å². The van der Waals surface area contributed by atoms with Gasteiger partial charge in [-0.05, 0) is 50.1 Å². The zero-order valence-electron chi connectivity index (χ0n) is 15.0. The lowest BCUT2D eigenvalue weighted by Gasteiger charge is -2.33. The third-order valence-corrected chi connectivity index (χ3v) is 9.19. The van der Waals surface area contributed by atoms with Gasteiger partial charge in [-0.15, -0.1) is 22.7 Å². The molecule has 1 N–H and O–H groups in total. The summed E-state index contributed by atoms with van der Waals surface area (Å²) in [7, 11) is -3.76. The molecule has 0 spiro atoms. The first kappa shape index (κ1) is 19.8. The lowest BCUT2D eigenvalue weighted by molar-refractivity contribution is -0.120. The van der Waals surface area contributed by atoms with Gasteiger partial charge in [-0.3, -0.25) is 4.79 Å². The molecule has 1 amide bonds. The lowest BCUT2D eigenvalue weighted by Crippen LogP contribution is -2.49. The maximum Gasteiger partial charge on any atom is 0.253 e. The minimum absolute atomic E-state index is 0.163. The summed E-state index contributed by atoms with van der Waals surface area (Å²) in [6, 6.07) is 7.86. The van der Waals surface area contributed by atoms with E-state index < -0.39 is 16.1 Å². The number of carbonyl (C=O) groups excluding carboxylic acids is 1. The summed E-state index contributed by atoms with van der Waals surface area (Å²) >= 11 is 8.51. The van der Waals surface area contributed by atoms with Gasteiger partial charge in [-0.25, -0.2) is 13.4 Å². The Kier molecular flexibility index (Phi) is 5.45. The molecule has 28 heavy (non-hydrogen) atoms. The van der Waals surface area contributed by atoms with Crippen LogP contribution in [0, 0.1) is 6.92 Å². The molecule has 0 aliphatic carbocycles. The minimum atomic E-state index is -3.76. The van der Waals surface area contributed by atoms with Gasteiger partial charge < -0.3 is 5.32 Å². The van der Waals surface area contributed by atoms with Crippen LogP contribution < -0.4 is 5.32 Å². The number of halogens is 1. The summed E-state index contributed by atoms with van der Waals surface area (Å²) in [6.07, 6.45) is 2.02. The summed E-state index contributed by atoms with van der Waals surface area (Å²) in [5, 5.41) is 3.82. The lowest BCUT2D eigenvalue weighted by atomic mass is 10.0. The number of thiophene rings is 1. The maximum absolute atomic E-state index is 13.0. The number of anilines is 1. The van der Waals surface area contributed by atoms with E-state index in [9.17, 15) is 13.2 Å². The molecule has 3 aromatic rings. The molecule has 1 fully saturated rings. The monoisotopic (exact) mass is 455 g/mol. The second-order valence-electron chi connectivity index (χ2n) is 6.59. The number of benzene rings is 1. The van der Waals surface area contributed by atoms with E-state index in [0.717, 1.165) is 39.4 Å². The highest BCUT2D eigenvalue weighted by Crippen LogP contribution is 2.32. The summed E-state index contributed by atoms with van der Waals surface area (Å²) < 4.78 is 29.0. The van der Waals surface area contributed by atoms with Gasteiger partial charge in [0.1, 0.15) is 10.3 Å². The predicted molar refractivity (Wildman–Crippen MR) is 114 cm³/mol. The maximum atomic E-state index is 13.0. The number of hydrogen-bond donors (Lipinski definition) is 1. The quantitative estimate of drug-likeness (QED) is 0.628. The second-order valence-corrected chi connectivity index (χ2v) is 11.7. The second kappa shape index (κ2) is 7.72. The molecule has 10 heteroatoms. The highest BCUT2D eigenvalue weighted by Gasteiger charge is 2.38. The summed E-state index contributed by atoms with van der Waals surface area (Å²) in [6.45, 7) is 2.25. The highest BCUT2D eigenvalue weighted by molar-refractivity contribution is 7.91. The molecule has 1 aliphatic rings. The van der Waals surface area contributed by atoms with Crippen LogP contribution in [0.25, 0.3) is 10.2 Å². The fraction of sp³-hybridized carbons (Fsp3) is 0.333. The molecule has 2 aromatic heterocycles. The summed E-state index contributed by atoms with van der Waals surface area (Å²) in [5.74, 6) is -0.322. The molecule has 4 rings (SSSR count). The molecule has 1 aromatic carbocycles. The van der Waals surface area contributed by atoms with E-state index in [1.165, 1.54) is 10.4 Å². The van der Waals surface area contributed by atoms with Crippen LogP contribution in [0.3, 0.4) is 0 Å². The third kappa shape index (κ3) is 3.81. The molecule has 0 radical (unpaired) electrons. The van der Waals surface area contributed by atoms with Gasteiger partial charge in [0, 0.05) is 12.2 Å². The number of aryl methyl sites for hydroxylation is 1. The molecule has 0 bridgehead atoms. The zero-order valence-corrected chi connectivity index (χ0v) is 18.2. The van der Waals surface area contributed by atoms with E-state index in [0.29, 0.717) is 23.0 Å². The van der Waals surface area contributed by atoms with Crippen LogP contribution in [0.4, 0.5) is 5.69 Å². The topological polar surface area (TPSA) is 79.4 Å². The molecular weight excluding hydrogens is 438 g/mol. The van der Waals surface area contributed by atoms with Crippen molar-refractivity contribution in [3.8, 4) is 0 Å². The largest absolute Gasteiger partial charge is 0.325 e. The fourth-order valence-corrected chi connectivity index (χ4v) is 7.43. The van der Waals surface area contributed by atoms with Crippen molar-refractivity contribution in [1.82, 2.24) is 9.29 Å². The van der Waals surface area contributed by atoms with Crippen LogP contribution >= 0.6 is 34.3 Å². The van der Waals surface area contributed by atoms with Crippen molar-refractivity contribution in [3.05, 3.63) is 39.7 Å². The molecule has 1 aliphatic heterocycles. The van der Waals surface area contributed by atoms with Crippen molar-refractivity contribution in [2.45, 2.75) is 36.4 Å². The smallest absolute Gasteiger partial charge is 0.253 e. The number of hydrogen-bond acceptors (Lipinski definition) is 6. The van der Waals surface area contributed by atoms with Crippen molar-refractivity contribution in [1.29, 1.82) is 0 Å². The summed E-state index contributed by atoms with van der Waals surface area (Å²) in [4.78, 5) is 17.4. The molecule has 0 unspecified atom stereocenters. The molecule has 3 heterocycles. The molecular formula is C18H18ClN3O3S3. The van der Waals surface area contributed by atoms with Crippen molar-refractivity contribution in [3.63, 3.8) is 0 Å². The molecule has 0 saturated carbocycles. The molecule has 6 nitrogen and oxygen atoms in total. The Morgan fingerprint density at radius 3 is 2.82 bits per heavy atom. The SMILES string of the molecule is Cc1nc2cc(NC(=O)[C@@H]3CCCCN3S(=O)(=O)c3ccc(Cl)s3)ccc2s1. The fourth-order valence-electron chi connectivity index (χ4n) is 3.35. The Morgan fingerprint density at radius 1 is 1.25 bits per heavy atom.